The maximum absolute atomic E-state index is 12.8. The number of nitro groups is 1. The molecule has 1 heterocycles. The average Bonchev–Trinajstić information content (AvgIpc) is 2.67. The van der Waals surface area contributed by atoms with Crippen molar-refractivity contribution in [2.24, 2.45) is 10.6 Å². The Bertz CT molecular complexity index is 481. The zero-order valence-corrected chi connectivity index (χ0v) is 10.4. The molecular formula is C10H15FN4O3. The van der Waals surface area contributed by atoms with Gasteiger partial charge in [-0.3, -0.25) is 4.39 Å². The second-order valence-corrected chi connectivity index (χ2v) is 4.60. The summed E-state index contributed by atoms with van der Waals surface area (Å²) in [5.41, 5.74) is -0.406. The van der Waals surface area contributed by atoms with Gasteiger partial charge in [0.05, 0.1) is 18.9 Å². The minimum Gasteiger partial charge on any atom is -0.411 e. The van der Waals surface area contributed by atoms with Crippen LogP contribution < -0.4 is 0 Å². The highest BCUT2D eigenvalue weighted by Crippen LogP contribution is 2.21. The monoisotopic (exact) mass is 258 g/mol. The van der Waals surface area contributed by atoms with Crippen LogP contribution in [0.15, 0.2) is 11.5 Å². The van der Waals surface area contributed by atoms with E-state index in [-0.39, 0.29) is 18.1 Å². The fraction of sp³-hybridized carbons (Fsp3) is 0.600. The molecule has 0 aliphatic carbocycles. The Balaban J connectivity index is 3.01. The molecule has 0 saturated carbocycles. The van der Waals surface area contributed by atoms with Gasteiger partial charge in [0.2, 0.25) is 6.33 Å². The molecule has 1 aromatic rings. The highest BCUT2D eigenvalue weighted by atomic mass is 19.1. The van der Waals surface area contributed by atoms with E-state index in [1.807, 2.05) is 0 Å². The van der Waals surface area contributed by atoms with Crippen LogP contribution in [0.1, 0.15) is 19.5 Å². The number of alkyl halides is 1. The SMILES string of the molecule is Cc1c([N+](=O)[O-])ncn1C/C(=N/O)C(C)(C)CF. The minimum atomic E-state index is -0.930. The summed E-state index contributed by atoms with van der Waals surface area (Å²) < 4.78 is 14.3. The number of hydrogen-bond acceptors (Lipinski definition) is 5. The standard InChI is InChI=1S/C10H15FN4O3/c1-7-9(15(17)18)12-6-14(7)4-8(13-16)10(2,3)5-11/h6,16H,4-5H2,1-3H3/b13-8-. The van der Waals surface area contributed by atoms with Gasteiger partial charge in [-0.15, -0.1) is 0 Å². The van der Waals surface area contributed by atoms with E-state index >= 15 is 0 Å². The summed E-state index contributed by atoms with van der Waals surface area (Å²) in [6.07, 6.45) is 1.27. The fourth-order valence-corrected chi connectivity index (χ4v) is 1.39. The second-order valence-electron chi connectivity index (χ2n) is 4.60. The Labute approximate surface area is 103 Å². The Kier molecular flexibility index (Phi) is 4.00. The first-order chi connectivity index (χ1) is 8.33. The molecule has 1 rings (SSSR count). The van der Waals surface area contributed by atoms with E-state index in [1.165, 1.54) is 17.8 Å². The summed E-state index contributed by atoms with van der Waals surface area (Å²) in [6.45, 7) is 4.07. The zero-order valence-electron chi connectivity index (χ0n) is 10.4. The topological polar surface area (TPSA) is 93.5 Å². The van der Waals surface area contributed by atoms with Crippen molar-refractivity contribution in [3.63, 3.8) is 0 Å². The predicted molar refractivity (Wildman–Crippen MR) is 62.6 cm³/mol. The first-order valence-electron chi connectivity index (χ1n) is 5.27. The van der Waals surface area contributed by atoms with Crippen LogP contribution in [0.3, 0.4) is 0 Å². The van der Waals surface area contributed by atoms with Gasteiger partial charge in [0.1, 0.15) is 5.69 Å². The van der Waals surface area contributed by atoms with Crippen LogP contribution >= 0.6 is 0 Å². The van der Waals surface area contributed by atoms with Gasteiger partial charge >= 0.3 is 5.82 Å². The predicted octanol–water partition coefficient (Wildman–Crippen LogP) is 1.93. The summed E-state index contributed by atoms with van der Waals surface area (Å²) in [5, 5.41) is 22.6. The number of oxime groups is 1. The van der Waals surface area contributed by atoms with Crippen molar-refractivity contribution < 1.29 is 14.5 Å². The van der Waals surface area contributed by atoms with Gasteiger partial charge in [-0.25, -0.2) is 0 Å². The molecule has 0 radical (unpaired) electrons. The first-order valence-corrected chi connectivity index (χ1v) is 5.27. The van der Waals surface area contributed by atoms with Crippen molar-refractivity contribution in [2.45, 2.75) is 27.3 Å². The van der Waals surface area contributed by atoms with Crippen LogP contribution in [0, 0.1) is 22.5 Å². The second kappa shape index (κ2) is 5.11. The summed E-state index contributed by atoms with van der Waals surface area (Å²) in [7, 11) is 0. The number of hydrogen-bond donors (Lipinski definition) is 1. The maximum Gasteiger partial charge on any atom is 0.384 e. The molecule has 0 atom stereocenters. The van der Waals surface area contributed by atoms with Gasteiger partial charge < -0.3 is 19.9 Å². The Morgan fingerprint density at radius 2 is 2.33 bits per heavy atom. The van der Waals surface area contributed by atoms with E-state index < -0.39 is 17.0 Å². The van der Waals surface area contributed by atoms with Crippen LogP contribution in [0.25, 0.3) is 0 Å². The summed E-state index contributed by atoms with van der Waals surface area (Å²) in [4.78, 5) is 13.7. The molecule has 0 unspecified atom stereocenters. The Morgan fingerprint density at radius 1 is 1.72 bits per heavy atom. The lowest BCUT2D eigenvalue weighted by Gasteiger charge is -2.21. The molecule has 0 saturated heterocycles. The average molecular weight is 258 g/mol. The van der Waals surface area contributed by atoms with E-state index in [9.17, 15) is 14.5 Å². The van der Waals surface area contributed by atoms with Crippen molar-refractivity contribution in [2.75, 3.05) is 6.67 Å². The van der Waals surface area contributed by atoms with Crippen molar-refractivity contribution in [1.29, 1.82) is 0 Å². The van der Waals surface area contributed by atoms with Crippen LogP contribution in [-0.2, 0) is 6.54 Å². The van der Waals surface area contributed by atoms with Gasteiger partial charge in [-0.2, -0.15) is 0 Å². The van der Waals surface area contributed by atoms with Crippen LogP contribution in [0.2, 0.25) is 0 Å². The van der Waals surface area contributed by atoms with Gasteiger partial charge in [0.15, 0.2) is 0 Å². The van der Waals surface area contributed by atoms with Crippen LogP contribution in [0.5, 0.6) is 0 Å². The lowest BCUT2D eigenvalue weighted by atomic mass is 9.89. The Hall–Kier alpha value is -1.99. The van der Waals surface area contributed by atoms with Crippen LogP contribution in [-0.4, -0.2) is 32.1 Å². The van der Waals surface area contributed by atoms with Gasteiger partial charge in [-0.05, 0) is 16.8 Å². The van der Waals surface area contributed by atoms with Gasteiger partial charge in [0, 0.05) is 5.41 Å². The number of imidazole rings is 1. The third-order valence-corrected chi connectivity index (χ3v) is 2.80. The number of aromatic nitrogens is 2. The lowest BCUT2D eigenvalue weighted by molar-refractivity contribution is -0.389. The van der Waals surface area contributed by atoms with E-state index in [0.29, 0.717) is 5.69 Å². The quantitative estimate of drug-likeness (QED) is 0.378. The minimum absolute atomic E-state index is 0.0556. The van der Waals surface area contributed by atoms with Crippen molar-refractivity contribution in [1.82, 2.24) is 9.55 Å². The number of halogens is 1. The van der Waals surface area contributed by atoms with E-state index in [2.05, 4.69) is 10.1 Å². The Morgan fingerprint density at radius 3 is 2.72 bits per heavy atom. The van der Waals surface area contributed by atoms with Crippen molar-refractivity contribution in [3.8, 4) is 0 Å². The highest BCUT2D eigenvalue weighted by Gasteiger charge is 2.28. The molecule has 0 spiro atoms. The molecule has 18 heavy (non-hydrogen) atoms. The molecule has 0 aliphatic rings. The molecule has 8 heteroatoms. The van der Waals surface area contributed by atoms with Gasteiger partial charge in [-0.1, -0.05) is 19.0 Å². The molecular weight excluding hydrogens is 243 g/mol. The molecule has 7 nitrogen and oxygen atoms in total. The maximum atomic E-state index is 12.8. The van der Waals surface area contributed by atoms with Crippen molar-refractivity contribution >= 4 is 11.5 Å². The van der Waals surface area contributed by atoms with Crippen molar-refractivity contribution in [3.05, 3.63) is 22.1 Å². The molecule has 0 amide bonds. The number of nitrogens with zero attached hydrogens (tertiary/aromatic N) is 4. The molecule has 1 aromatic heterocycles. The van der Waals surface area contributed by atoms with E-state index in [1.54, 1.807) is 13.8 Å². The lowest BCUT2D eigenvalue weighted by Crippen LogP contribution is -2.30. The first kappa shape index (κ1) is 14.1. The molecule has 1 N–H and O–H groups in total. The van der Waals surface area contributed by atoms with Crippen LogP contribution in [0.4, 0.5) is 10.2 Å². The third-order valence-electron chi connectivity index (χ3n) is 2.80. The summed E-state index contributed by atoms with van der Waals surface area (Å²) in [5.74, 6) is -0.259. The normalized spacial score (nSPS) is 12.8. The van der Waals surface area contributed by atoms with Gasteiger partial charge in [0.25, 0.3) is 0 Å². The highest BCUT2D eigenvalue weighted by molar-refractivity contribution is 5.89. The molecule has 0 bridgehead atoms. The van der Waals surface area contributed by atoms with E-state index in [4.69, 9.17) is 5.21 Å². The number of rotatable bonds is 5. The molecule has 100 valence electrons. The van der Waals surface area contributed by atoms with E-state index in [0.717, 1.165) is 0 Å². The third kappa shape index (κ3) is 2.63. The largest absolute Gasteiger partial charge is 0.411 e. The summed E-state index contributed by atoms with van der Waals surface area (Å²) in [6, 6.07) is 0. The molecule has 0 aliphatic heterocycles. The fourth-order valence-electron chi connectivity index (χ4n) is 1.39. The summed E-state index contributed by atoms with van der Waals surface area (Å²) >= 11 is 0. The smallest absolute Gasteiger partial charge is 0.384 e. The molecule has 0 fully saturated rings. The zero-order chi connectivity index (χ0) is 13.9. The molecule has 0 aromatic carbocycles.